The van der Waals surface area contributed by atoms with Crippen molar-refractivity contribution >= 4 is 24.0 Å². The van der Waals surface area contributed by atoms with Crippen molar-refractivity contribution in [2.24, 2.45) is 0 Å². The van der Waals surface area contributed by atoms with Crippen molar-refractivity contribution < 1.29 is 50.0 Å². The van der Waals surface area contributed by atoms with E-state index in [4.69, 9.17) is 14.2 Å². The van der Waals surface area contributed by atoms with Crippen molar-refractivity contribution in [3.63, 3.8) is 0 Å². The Kier molecular flexibility index (Phi) is 8.36. The average molecular weight is 451 g/mol. The Labute approximate surface area is 153 Å². The first-order valence-electron chi connectivity index (χ1n) is 7.63. The quantitative estimate of drug-likeness (QED) is 0.197. The average Bonchev–Trinajstić information content (AvgIpc) is 2.62. The van der Waals surface area contributed by atoms with E-state index < -0.39 is 86.3 Å². The molecule has 0 amide bonds. The molecule has 2 aliphatic heterocycles. The molecule has 0 unspecified atom stereocenters. The van der Waals surface area contributed by atoms with Gasteiger partial charge in [-0.1, -0.05) is 0 Å². The zero-order chi connectivity index (χ0) is 18.7. The molecule has 0 aromatic rings. The summed E-state index contributed by atoms with van der Waals surface area (Å²) in [5.41, 5.74) is -0.945. The summed E-state index contributed by atoms with van der Waals surface area (Å²) in [5, 5.41) is 68.5. The Balaban J connectivity index is 2.00. The van der Waals surface area contributed by atoms with Crippen LogP contribution in [0.25, 0.3) is 0 Å². The molecule has 0 aliphatic carbocycles. The number of hydrogen-bond donors (Lipinski definition) is 7. The van der Waals surface area contributed by atoms with E-state index in [-0.39, 0.29) is 0 Å². The molecule has 0 spiro atoms. The Morgan fingerprint density at radius 1 is 0.840 bits per heavy atom. The van der Waals surface area contributed by atoms with Gasteiger partial charge in [0.25, 0.3) is 0 Å². The van der Waals surface area contributed by atoms with Crippen molar-refractivity contribution in [3.8, 4) is 0 Å². The van der Waals surface area contributed by atoms with Crippen LogP contribution in [0.15, 0.2) is 0 Å². The van der Waals surface area contributed by atoms with Crippen LogP contribution < -0.4 is 0 Å². The Morgan fingerprint density at radius 3 is 2.04 bits per heavy atom. The number of aliphatic hydroxyl groups is 7. The van der Waals surface area contributed by atoms with Gasteiger partial charge in [0.1, 0.15) is 0 Å². The monoisotopic (exact) mass is 452 g/mol. The molecule has 0 saturated carbocycles. The maximum absolute atomic E-state index is 10.3. The molecule has 0 bridgehead atoms. The summed E-state index contributed by atoms with van der Waals surface area (Å²) in [6, 6.07) is 0. The Morgan fingerprint density at radius 2 is 1.48 bits per heavy atom. The van der Waals surface area contributed by atoms with Crippen LogP contribution in [-0.2, 0) is 14.2 Å². The molecular weight excluding hydrogens is 427 g/mol. The summed E-state index contributed by atoms with van der Waals surface area (Å²) in [6.45, 7) is -0.928. The van der Waals surface area contributed by atoms with Crippen LogP contribution in [-0.4, -0.2) is 124 Å². The van der Waals surface area contributed by atoms with Gasteiger partial charge in [0.2, 0.25) is 0 Å². The van der Waals surface area contributed by atoms with E-state index >= 15 is 0 Å². The van der Waals surface area contributed by atoms with Crippen LogP contribution in [0.4, 0.5) is 0 Å². The van der Waals surface area contributed by atoms with Gasteiger partial charge in [-0.3, -0.25) is 0 Å². The second kappa shape index (κ2) is 9.60. The molecular formula is C13H24O10SSe. The van der Waals surface area contributed by atoms with Crippen LogP contribution in [0.3, 0.4) is 0 Å². The third-order valence-electron chi connectivity index (χ3n) is 4.16. The molecule has 2 heterocycles. The predicted octanol–water partition coefficient (Wildman–Crippen LogP) is -3.99. The van der Waals surface area contributed by atoms with Crippen LogP contribution in [0, 0.1) is 0 Å². The number of methoxy groups -OCH3 is 1. The van der Waals surface area contributed by atoms with Gasteiger partial charge in [0.05, 0.1) is 0 Å². The van der Waals surface area contributed by atoms with Crippen molar-refractivity contribution in [1.82, 2.24) is 0 Å². The first-order valence-corrected chi connectivity index (χ1v) is 11.5. The fourth-order valence-electron chi connectivity index (χ4n) is 2.63. The molecule has 25 heavy (non-hydrogen) atoms. The van der Waals surface area contributed by atoms with Crippen LogP contribution in [0.2, 0.25) is 4.82 Å². The Bertz CT molecular complexity index is 416. The molecule has 2 rings (SSSR count). The molecule has 10 atom stereocenters. The molecule has 148 valence electrons. The van der Waals surface area contributed by atoms with Crippen molar-refractivity contribution in [3.05, 3.63) is 0 Å². The van der Waals surface area contributed by atoms with E-state index in [0.717, 1.165) is 10.2 Å². The van der Waals surface area contributed by atoms with E-state index in [1.807, 2.05) is 0 Å². The van der Waals surface area contributed by atoms with Gasteiger partial charge in [0, 0.05) is 0 Å². The third kappa shape index (κ3) is 4.66. The SMILES string of the molecule is CO[C@H]1O[C@H](CO)[C@@H]([Se]S[C@@H]2O[C@H](CO)[C@H](O)[C@H](O)[C@H]2O)[C@H](O)[C@H]1O. The normalized spacial score (nSPS) is 48.5. The minimum atomic E-state index is -1.48. The second-order valence-electron chi connectivity index (χ2n) is 5.80. The van der Waals surface area contributed by atoms with E-state index in [0.29, 0.717) is 0 Å². The molecule has 0 aromatic carbocycles. The van der Waals surface area contributed by atoms with Crippen molar-refractivity contribution in [2.45, 2.75) is 59.3 Å². The molecule has 12 heteroatoms. The summed E-state index contributed by atoms with van der Waals surface area (Å²) in [7, 11) is 2.38. The summed E-state index contributed by atoms with van der Waals surface area (Å²) in [4.78, 5) is -0.628. The molecule has 0 aromatic heterocycles. The van der Waals surface area contributed by atoms with E-state index in [9.17, 15) is 35.7 Å². The summed E-state index contributed by atoms with van der Waals surface area (Å²) < 4.78 is 15.7. The fraction of sp³-hybridized carbons (Fsp3) is 1.00. The molecule has 7 N–H and O–H groups in total. The van der Waals surface area contributed by atoms with Gasteiger partial charge < -0.3 is 0 Å². The molecule has 2 fully saturated rings. The maximum atomic E-state index is 10.3. The third-order valence-corrected chi connectivity index (χ3v) is 9.59. The van der Waals surface area contributed by atoms with E-state index in [1.54, 1.807) is 0 Å². The van der Waals surface area contributed by atoms with E-state index in [1.165, 1.54) is 7.11 Å². The van der Waals surface area contributed by atoms with Gasteiger partial charge in [-0.05, 0) is 0 Å². The fourth-order valence-corrected chi connectivity index (χ4v) is 8.22. The number of rotatable bonds is 6. The summed E-state index contributed by atoms with van der Waals surface area (Å²) >= 11 is -0.541. The van der Waals surface area contributed by atoms with Crippen molar-refractivity contribution in [1.29, 1.82) is 0 Å². The van der Waals surface area contributed by atoms with Crippen LogP contribution >= 0.6 is 10.2 Å². The zero-order valence-electron chi connectivity index (χ0n) is 13.4. The zero-order valence-corrected chi connectivity index (χ0v) is 15.9. The first kappa shape index (κ1) is 21.8. The number of hydrogen-bond acceptors (Lipinski definition) is 11. The molecule has 10 nitrogen and oxygen atoms in total. The summed E-state index contributed by atoms with van der Waals surface area (Å²) in [6.07, 6.45) is -9.68. The number of ether oxygens (including phenoxy) is 3. The minimum absolute atomic E-state index is 0.398. The van der Waals surface area contributed by atoms with Crippen LogP contribution in [0.1, 0.15) is 0 Å². The van der Waals surface area contributed by atoms with Gasteiger partial charge >= 0.3 is 154 Å². The molecule has 0 radical (unpaired) electrons. The standard InChI is InChI=1S/C13H24O10SSe/c1-21-12-9(19)8(18)11(5(3-15)22-12)25-24-13-10(20)7(17)6(16)4(2-14)23-13/h4-20H,2-3H2,1H3/t4-,5-,6+,7+,8-,9-,10-,11-,12+,13+/m1/s1. The van der Waals surface area contributed by atoms with Gasteiger partial charge in [-0.2, -0.15) is 0 Å². The predicted molar refractivity (Wildman–Crippen MR) is 85.6 cm³/mol. The molecule has 2 aliphatic rings. The van der Waals surface area contributed by atoms with Gasteiger partial charge in [-0.25, -0.2) is 0 Å². The number of aliphatic hydroxyl groups excluding tert-OH is 7. The summed E-state index contributed by atoms with van der Waals surface area (Å²) in [5.74, 6) is 0. The van der Waals surface area contributed by atoms with E-state index in [2.05, 4.69) is 0 Å². The molecule has 2 saturated heterocycles. The first-order chi connectivity index (χ1) is 11.8. The Hall–Kier alpha value is 0.469. The van der Waals surface area contributed by atoms with Gasteiger partial charge in [-0.15, -0.1) is 0 Å². The van der Waals surface area contributed by atoms with Crippen LogP contribution in [0.5, 0.6) is 0 Å². The van der Waals surface area contributed by atoms with Crippen molar-refractivity contribution in [2.75, 3.05) is 20.3 Å². The second-order valence-corrected chi connectivity index (χ2v) is 10.2. The topological polar surface area (TPSA) is 169 Å². The van der Waals surface area contributed by atoms with Gasteiger partial charge in [0.15, 0.2) is 0 Å².